The molecule has 2 amide bonds. The van der Waals surface area contributed by atoms with E-state index in [2.05, 4.69) is 0 Å². The van der Waals surface area contributed by atoms with Gasteiger partial charge in [-0.15, -0.1) is 0 Å². The Morgan fingerprint density at radius 2 is 1.46 bits per heavy atom. The third kappa shape index (κ3) is 2.47. The SMILES string of the molecule is CCN1CC(N2C(=O)c3ccccc3C2=O)C2(OC(=O)C=CC(=O)O2)N1CC. The van der Waals surface area contributed by atoms with Gasteiger partial charge in [-0.1, -0.05) is 26.0 Å². The molecular weight excluding hydrogens is 366 g/mol. The van der Waals surface area contributed by atoms with E-state index in [1.807, 2.05) is 6.92 Å². The van der Waals surface area contributed by atoms with E-state index in [1.54, 1.807) is 41.2 Å². The largest absolute Gasteiger partial charge is 0.402 e. The van der Waals surface area contributed by atoms with Gasteiger partial charge in [0.25, 0.3) is 11.8 Å². The molecule has 4 rings (SSSR count). The number of amides is 2. The highest BCUT2D eigenvalue weighted by atomic mass is 16.8. The molecular formula is C19H19N3O6. The van der Waals surface area contributed by atoms with Crippen LogP contribution in [0.3, 0.4) is 0 Å². The van der Waals surface area contributed by atoms with Gasteiger partial charge in [-0.2, -0.15) is 5.01 Å². The molecule has 9 heteroatoms. The fourth-order valence-electron chi connectivity index (χ4n) is 3.99. The molecule has 1 spiro atoms. The molecule has 0 N–H and O–H groups in total. The van der Waals surface area contributed by atoms with Crippen LogP contribution in [0.15, 0.2) is 36.4 Å². The van der Waals surface area contributed by atoms with Gasteiger partial charge in [0, 0.05) is 31.8 Å². The van der Waals surface area contributed by atoms with Crippen molar-refractivity contribution in [2.45, 2.75) is 25.8 Å². The molecule has 3 aliphatic heterocycles. The Hall–Kier alpha value is -3.04. The number of imide groups is 1. The number of hydrogen-bond donors (Lipinski definition) is 0. The first kappa shape index (κ1) is 18.3. The molecule has 9 nitrogen and oxygen atoms in total. The maximum atomic E-state index is 13.0. The van der Waals surface area contributed by atoms with Crippen molar-refractivity contribution in [3.8, 4) is 0 Å². The van der Waals surface area contributed by atoms with Crippen molar-refractivity contribution in [2.24, 2.45) is 0 Å². The predicted molar refractivity (Wildman–Crippen MR) is 94.4 cm³/mol. The number of esters is 2. The number of nitrogens with zero attached hydrogens (tertiary/aromatic N) is 3. The van der Waals surface area contributed by atoms with E-state index < -0.39 is 35.7 Å². The van der Waals surface area contributed by atoms with Crippen LogP contribution in [0, 0.1) is 0 Å². The van der Waals surface area contributed by atoms with E-state index in [4.69, 9.17) is 9.47 Å². The van der Waals surface area contributed by atoms with Gasteiger partial charge in [-0.25, -0.2) is 14.6 Å². The number of likely N-dealkylation sites (N-methyl/N-ethyl adjacent to an activating group) is 2. The lowest BCUT2D eigenvalue weighted by Crippen LogP contribution is -2.63. The van der Waals surface area contributed by atoms with Crippen molar-refractivity contribution in [2.75, 3.05) is 19.6 Å². The lowest BCUT2D eigenvalue weighted by molar-refractivity contribution is -0.307. The number of ether oxygens (including phenoxy) is 2. The molecule has 3 heterocycles. The monoisotopic (exact) mass is 385 g/mol. The lowest BCUT2D eigenvalue weighted by Gasteiger charge is -2.40. The Kier molecular flexibility index (Phi) is 4.28. The summed E-state index contributed by atoms with van der Waals surface area (Å²) in [6, 6.07) is 5.46. The smallest absolute Gasteiger partial charge is 0.356 e. The van der Waals surface area contributed by atoms with E-state index in [0.717, 1.165) is 17.1 Å². The zero-order chi connectivity index (χ0) is 20.1. The molecule has 1 unspecified atom stereocenters. The minimum Gasteiger partial charge on any atom is -0.402 e. The van der Waals surface area contributed by atoms with Crippen LogP contribution < -0.4 is 0 Å². The molecule has 3 aliphatic rings. The second-order valence-electron chi connectivity index (χ2n) is 6.57. The highest BCUT2D eigenvalue weighted by molar-refractivity contribution is 6.21. The molecule has 0 aromatic heterocycles. The fraction of sp³-hybridized carbons (Fsp3) is 0.368. The summed E-state index contributed by atoms with van der Waals surface area (Å²) in [4.78, 5) is 51.5. The maximum Gasteiger partial charge on any atom is 0.356 e. The van der Waals surface area contributed by atoms with E-state index in [0.29, 0.717) is 13.1 Å². The van der Waals surface area contributed by atoms with Gasteiger partial charge in [-0.05, 0) is 12.1 Å². The lowest BCUT2D eigenvalue weighted by atomic mass is 10.1. The number of fused-ring (bicyclic) bond motifs is 1. The zero-order valence-corrected chi connectivity index (χ0v) is 15.5. The Bertz CT molecular complexity index is 856. The van der Waals surface area contributed by atoms with Crippen LogP contribution in [0.1, 0.15) is 34.6 Å². The minimum absolute atomic E-state index is 0.163. The van der Waals surface area contributed by atoms with Gasteiger partial charge < -0.3 is 9.47 Å². The minimum atomic E-state index is -1.92. The summed E-state index contributed by atoms with van der Waals surface area (Å²) in [6.45, 7) is 4.66. The predicted octanol–water partition coefficient (Wildman–Crippen LogP) is 0.534. The van der Waals surface area contributed by atoms with Crippen LogP contribution in [0.5, 0.6) is 0 Å². The van der Waals surface area contributed by atoms with E-state index in [9.17, 15) is 19.2 Å². The third-order valence-corrected chi connectivity index (χ3v) is 5.16. The van der Waals surface area contributed by atoms with Crippen molar-refractivity contribution in [1.29, 1.82) is 0 Å². The molecule has 1 aromatic rings. The molecule has 0 aliphatic carbocycles. The van der Waals surface area contributed by atoms with Crippen molar-refractivity contribution in [3.63, 3.8) is 0 Å². The van der Waals surface area contributed by atoms with Gasteiger partial charge in [-0.3, -0.25) is 14.5 Å². The summed E-state index contributed by atoms with van der Waals surface area (Å²) >= 11 is 0. The third-order valence-electron chi connectivity index (χ3n) is 5.16. The van der Waals surface area contributed by atoms with Gasteiger partial charge in [0.2, 0.25) is 0 Å². The number of hydrogen-bond acceptors (Lipinski definition) is 8. The van der Waals surface area contributed by atoms with Crippen LogP contribution in [0.25, 0.3) is 0 Å². The first-order valence-electron chi connectivity index (χ1n) is 9.06. The molecule has 1 atom stereocenters. The second-order valence-corrected chi connectivity index (χ2v) is 6.57. The van der Waals surface area contributed by atoms with Gasteiger partial charge >= 0.3 is 17.8 Å². The normalized spacial score (nSPS) is 24.5. The van der Waals surface area contributed by atoms with Crippen molar-refractivity contribution in [1.82, 2.24) is 14.9 Å². The van der Waals surface area contributed by atoms with Crippen LogP contribution in [0.4, 0.5) is 0 Å². The average Bonchev–Trinajstić information content (AvgIpc) is 3.04. The van der Waals surface area contributed by atoms with Crippen molar-refractivity contribution in [3.05, 3.63) is 47.5 Å². The molecule has 1 saturated heterocycles. The van der Waals surface area contributed by atoms with Crippen LogP contribution in [0.2, 0.25) is 0 Å². The van der Waals surface area contributed by atoms with Gasteiger partial charge in [0.15, 0.2) is 0 Å². The zero-order valence-electron chi connectivity index (χ0n) is 15.5. The Morgan fingerprint density at radius 1 is 0.929 bits per heavy atom. The van der Waals surface area contributed by atoms with Crippen molar-refractivity contribution < 1.29 is 28.7 Å². The number of carbonyl (C=O) groups excluding carboxylic acids is 4. The maximum absolute atomic E-state index is 13.0. The molecule has 1 aromatic carbocycles. The van der Waals surface area contributed by atoms with E-state index >= 15 is 0 Å². The van der Waals surface area contributed by atoms with E-state index in [1.165, 1.54) is 0 Å². The first-order valence-corrected chi connectivity index (χ1v) is 9.06. The molecule has 146 valence electrons. The molecule has 28 heavy (non-hydrogen) atoms. The highest BCUT2D eigenvalue weighted by Crippen LogP contribution is 2.40. The van der Waals surface area contributed by atoms with E-state index in [-0.39, 0.29) is 17.7 Å². The molecule has 0 radical (unpaired) electrons. The Morgan fingerprint density at radius 3 is 1.93 bits per heavy atom. The second kappa shape index (κ2) is 6.54. The summed E-state index contributed by atoms with van der Waals surface area (Å²) in [7, 11) is 0. The quantitative estimate of drug-likeness (QED) is 0.549. The number of carbonyl (C=O) groups is 4. The summed E-state index contributed by atoms with van der Waals surface area (Å²) in [5.41, 5.74) is 0.537. The molecule has 0 saturated carbocycles. The van der Waals surface area contributed by atoms with Crippen molar-refractivity contribution >= 4 is 23.8 Å². The summed E-state index contributed by atoms with van der Waals surface area (Å²) in [6.07, 6.45) is 1.94. The summed E-state index contributed by atoms with van der Waals surface area (Å²) < 4.78 is 11.1. The fourth-order valence-corrected chi connectivity index (χ4v) is 3.99. The molecule has 0 bridgehead atoms. The first-order chi connectivity index (χ1) is 13.4. The number of hydrazine groups is 1. The summed E-state index contributed by atoms with van der Waals surface area (Å²) in [5.74, 6) is -4.52. The van der Waals surface area contributed by atoms with Crippen LogP contribution in [-0.4, -0.2) is 70.3 Å². The van der Waals surface area contributed by atoms with Crippen LogP contribution in [-0.2, 0) is 19.1 Å². The summed E-state index contributed by atoms with van der Waals surface area (Å²) in [5, 5.41) is 3.37. The van der Waals surface area contributed by atoms with Gasteiger partial charge in [0.1, 0.15) is 6.04 Å². The number of rotatable bonds is 3. The average molecular weight is 385 g/mol. The number of benzene rings is 1. The standard InChI is InChI=1S/C19H19N3O6/c1-3-20-11-14(22-17(25)12-7-5-6-8-13(12)18(22)26)19(21(20)4-2)27-15(23)9-10-16(24)28-19/h5-10,14H,3-4,11H2,1-2H3. The molecule has 1 fully saturated rings. The van der Waals surface area contributed by atoms with Crippen LogP contribution >= 0.6 is 0 Å². The Balaban J connectivity index is 1.83. The Labute approximate surface area is 161 Å². The highest BCUT2D eigenvalue weighted by Gasteiger charge is 2.64. The van der Waals surface area contributed by atoms with Gasteiger partial charge in [0.05, 0.1) is 11.1 Å². The topological polar surface area (TPSA) is 96.5 Å².